The third-order valence-electron chi connectivity index (χ3n) is 4.72. The van der Waals surface area contributed by atoms with Gasteiger partial charge in [-0.1, -0.05) is 17.7 Å². The molecule has 0 fully saturated rings. The average molecular weight is 440 g/mol. The van der Waals surface area contributed by atoms with Crippen molar-refractivity contribution in [2.45, 2.75) is 20.1 Å². The number of nitrogens with one attached hydrogen (secondary N) is 1. The smallest absolute Gasteiger partial charge is 0.251 e. The van der Waals surface area contributed by atoms with Crippen LogP contribution in [0.2, 0.25) is 5.02 Å². The van der Waals surface area contributed by atoms with Crippen molar-refractivity contribution in [3.05, 3.63) is 82.4 Å². The number of ether oxygens (including phenoxy) is 4. The fraction of sp³-hybridized carbons (Fsp3) is 0.208. The molecule has 1 aliphatic heterocycles. The first-order valence-corrected chi connectivity index (χ1v) is 10.3. The largest absolute Gasteiger partial charge is 0.493 e. The van der Waals surface area contributed by atoms with E-state index in [0.29, 0.717) is 46.7 Å². The number of hydrogen-bond donors (Lipinski definition) is 1. The van der Waals surface area contributed by atoms with Crippen molar-refractivity contribution in [3.63, 3.8) is 0 Å². The highest BCUT2D eigenvalue weighted by atomic mass is 35.5. The summed E-state index contributed by atoms with van der Waals surface area (Å²) < 4.78 is 22.2. The van der Waals surface area contributed by atoms with Gasteiger partial charge >= 0.3 is 0 Å². The second-order valence-corrected chi connectivity index (χ2v) is 7.30. The monoisotopic (exact) mass is 439 g/mol. The molecule has 0 aliphatic carbocycles. The van der Waals surface area contributed by atoms with E-state index >= 15 is 0 Å². The number of carbonyl (C=O) groups excluding carboxylic acids is 1. The van der Waals surface area contributed by atoms with Gasteiger partial charge in [0.1, 0.15) is 18.1 Å². The zero-order chi connectivity index (χ0) is 21.6. The van der Waals surface area contributed by atoms with E-state index in [4.69, 9.17) is 30.5 Å². The van der Waals surface area contributed by atoms with Crippen molar-refractivity contribution in [2.75, 3.05) is 13.4 Å². The number of rotatable bonds is 8. The Morgan fingerprint density at radius 3 is 2.61 bits per heavy atom. The average Bonchev–Trinajstić information content (AvgIpc) is 3.26. The van der Waals surface area contributed by atoms with Crippen LogP contribution in [-0.4, -0.2) is 19.3 Å². The van der Waals surface area contributed by atoms with Crippen LogP contribution in [0, 0.1) is 0 Å². The van der Waals surface area contributed by atoms with Crippen molar-refractivity contribution in [1.82, 2.24) is 5.32 Å². The molecule has 0 spiro atoms. The highest BCUT2D eigenvalue weighted by molar-refractivity contribution is 6.30. The fourth-order valence-corrected chi connectivity index (χ4v) is 3.28. The van der Waals surface area contributed by atoms with E-state index in [0.717, 1.165) is 11.1 Å². The molecule has 1 aliphatic rings. The Bertz CT molecular complexity index is 1070. The summed E-state index contributed by atoms with van der Waals surface area (Å²) >= 11 is 5.92. The van der Waals surface area contributed by atoms with Crippen LogP contribution in [-0.2, 0) is 13.2 Å². The lowest BCUT2D eigenvalue weighted by Gasteiger charge is -2.14. The summed E-state index contributed by atoms with van der Waals surface area (Å²) in [4.78, 5) is 12.7. The van der Waals surface area contributed by atoms with Gasteiger partial charge in [-0.05, 0) is 67.1 Å². The maximum Gasteiger partial charge on any atom is 0.251 e. The Hall–Kier alpha value is -3.38. The van der Waals surface area contributed by atoms with Crippen LogP contribution in [0.15, 0.2) is 60.7 Å². The molecule has 7 heteroatoms. The molecule has 0 atom stereocenters. The number of hydrogen-bond acceptors (Lipinski definition) is 5. The molecule has 160 valence electrons. The quantitative estimate of drug-likeness (QED) is 0.536. The Kier molecular flexibility index (Phi) is 6.48. The van der Waals surface area contributed by atoms with Crippen LogP contribution in [0.5, 0.6) is 23.0 Å². The van der Waals surface area contributed by atoms with Gasteiger partial charge in [0.05, 0.1) is 6.61 Å². The molecular formula is C24H22ClNO5. The summed E-state index contributed by atoms with van der Waals surface area (Å²) in [5.74, 6) is 2.59. The third-order valence-corrected chi connectivity index (χ3v) is 4.97. The van der Waals surface area contributed by atoms with Crippen molar-refractivity contribution < 1.29 is 23.7 Å². The Balaban J connectivity index is 1.43. The van der Waals surface area contributed by atoms with E-state index in [9.17, 15) is 4.79 Å². The van der Waals surface area contributed by atoms with Gasteiger partial charge < -0.3 is 24.3 Å². The van der Waals surface area contributed by atoms with E-state index in [1.165, 1.54) is 0 Å². The van der Waals surface area contributed by atoms with Gasteiger partial charge in [0.25, 0.3) is 5.91 Å². The summed E-state index contributed by atoms with van der Waals surface area (Å²) in [5, 5.41) is 3.58. The van der Waals surface area contributed by atoms with Gasteiger partial charge in [0.15, 0.2) is 11.5 Å². The lowest BCUT2D eigenvalue weighted by molar-refractivity contribution is 0.0950. The lowest BCUT2D eigenvalue weighted by atomic mass is 10.1. The molecule has 0 unspecified atom stereocenters. The molecule has 31 heavy (non-hydrogen) atoms. The van der Waals surface area contributed by atoms with Crippen molar-refractivity contribution in [1.29, 1.82) is 0 Å². The summed E-state index contributed by atoms with van der Waals surface area (Å²) in [6, 6.07) is 18.0. The van der Waals surface area contributed by atoms with Crippen molar-refractivity contribution in [2.24, 2.45) is 0 Å². The van der Waals surface area contributed by atoms with Gasteiger partial charge in [-0.25, -0.2) is 0 Å². The van der Waals surface area contributed by atoms with E-state index in [1.54, 1.807) is 42.5 Å². The molecule has 0 radical (unpaired) electrons. The van der Waals surface area contributed by atoms with E-state index in [-0.39, 0.29) is 19.3 Å². The van der Waals surface area contributed by atoms with Gasteiger partial charge in [-0.2, -0.15) is 0 Å². The zero-order valence-electron chi connectivity index (χ0n) is 17.0. The maximum atomic E-state index is 12.7. The molecule has 1 amide bonds. The van der Waals surface area contributed by atoms with Crippen LogP contribution in [0.4, 0.5) is 0 Å². The number of fused-ring (bicyclic) bond motifs is 1. The van der Waals surface area contributed by atoms with Gasteiger partial charge in [-0.3, -0.25) is 4.79 Å². The number of halogens is 1. The van der Waals surface area contributed by atoms with Crippen LogP contribution < -0.4 is 24.3 Å². The van der Waals surface area contributed by atoms with Crippen molar-refractivity contribution in [3.8, 4) is 23.0 Å². The second-order valence-electron chi connectivity index (χ2n) is 6.87. The standard InChI is InChI=1S/C24H22ClNO5/c1-2-28-21-10-4-17(12-18(21)14-29-20-7-5-19(25)6-8-20)24(27)26-13-16-3-9-22-23(11-16)31-15-30-22/h3-12H,2,13-15H2,1H3,(H,26,27). The summed E-state index contributed by atoms with van der Waals surface area (Å²) in [7, 11) is 0. The molecular weight excluding hydrogens is 418 g/mol. The first-order chi connectivity index (χ1) is 15.1. The highest BCUT2D eigenvalue weighted by Crippen LogP contribution is 2.32. The van der Waals surface area contributed by atoms with Crippen LogP contribution in [0.3, 0.4) is 0 Å². The van der Waals surface area contributed by atoms with Crippen molar-refractivity contribution >= 4 is 17.5 Å². The topological polar surface area (TPSA) is 66.0 Å². The molecule has 3 aromatic carbocycles. The van der Waals surface area contributed by atoms with Gasteiger partial charge in [0, 0.05) is 22.7 Å². The Morgan fingerprint density at radius 1 is 1.00 bits per heavy atom. The molecule has 6 nitrogen and oxygen atoms in total. The predicted octanol–water partition coefficient (Wildman–Crippen LogP) is 4.98. The Morgan fingerprint density at radius 2 is 1.81 bits per heavy atom. The SMILES string of the molecule is CCOc1ccc(C(=O)NCc2ccc3c(c2)OCO3)cc1COc1ccc(Cl)cc1. The fourth-order valence-electron chi connectivity index (χ4n) is 3.16. The maximum absolute atomic E-state index is 12.7. The first kappa shape index (κ1) is 20.9. The third kappa shape index (κ3) is 5.22. The molecule has 4 rings (SSSR count). The summed E-state index contributed by atoms with van der Waals surface area (Å²) in [6.45, 7) is 3.29. The molecule has 1 N–H and O–H groups in total. The lowest BCUT2D eigenvalue weighted by Crippen LogP contribution is -2.23. The second kappa shape index (κ2) is 9.62. The summed E-state index contributed by atoms with van der Waals surface area (Å²) in [5.41, 5.74) is 2.24. The molecule has 3 aromatic rings. The summed E-state index contributed by atoms with van der Waals surface area (Å²) in [6.07, 6.45) is 0. The Labute approximate surface area is 185 Å². The van der Waals surface area contributed by atoms with E-state index < -0.39 is 0 Å². The number of amides is 1. The van der Waals surface area contributed by atoms with E-state index in [2.05, 4.69) is 5.32 Å². The zero-order valence-corrected chi connectivity index (χ0v) is 17.8. The minimum atomic E-state index is -0.187. The van der Waals surface area contributed by atoms with Gasteiger partial charge in [-0.15, -0.1) is 0 Å². The van der Waals surface area contributed by atoms with Crippen LogP contribution in [0.25, 0.3) is 0 Å². The number of benzene rings is 3. The predicted molar refractivity (Wildman–Crippen MR) is 117 cm³/mol. The van der Waals surface area contributed by atoms with Crippen LogP contribution in [0.1, 0.15) is 28.4 Å². The molecule has 0 saturated heterocycles. The number of carbonyl (C=O) groups is 1. The first-order valence-electron chi connectivity index (χ1n) is 9.93. The van der Waals surface area contributed by atoms with Gasteiger partial charge in [0.2, 0.25) is 6.79 Å². The minimum Gasteiger partial charge on any atom is -0.493 e. The van der Waals surface area contributed by atoms with Crippen LogP contribution >= 0.6 is 11.6 Å². The minimum absolute atomic E-state index is 0.187. The van der Waals surface area contributed by atoms with E-state index in [1.807, 2.05) is 25.1 Å². The molecule has 1 heterocycles. The molecule has 0 bridgehead atoms. The normalized spacial score (nSPS) is 11.8. The molecule has 0 saturated carbocycles. The highest BCUT2D eigenvalue weighted by Gasteiger charge is 2.15. The molecule has 0 aromatic heterocycles.